The van der Waals surface area contributed by atoms with E-state index in [2.05, 4.69) is 41.7 Å². The maximum atomic E-state index is 11.5. The van der Waals surface area contributed by atoms with Crippen molar-refractivity contribution in [1.82, 2.24) is 9.80 Å². The third-order valence-electron chi connectivity index (χ3n) is 7.35. The van der Waals surface area contributed by atoms with E-state index in [1.165, 1.54) is 12.7 Å². The molecule has 0 radical (unpaired) electrons. The Morgan fingerprint density at radius 2 is 0.846 bits per heavy atom. The molecule has 304 valence electrons. The molecule has 2 saturated heterocycles. The normalized spacial score (nSPS) is 17.2. The van der Waals surface area contributed by atoms with Crippen LogP contribution < -0.4 is 0 Å². The number of methoxy groups -OCH3 is 1. The number of ether oxygens (including phenoxy) is 1. The van der Waals surface area contributed by atoms with Crippen LogP contribution >= 0.6 is 40.6 Å². The Morgan fingerprint density at radius 1 is 0.577 bits per heavy atom. The molecule has 2 aliphatic rings. The van der Waals surface area contributed by atoms with Gasteiger partial charge in [-0.15, -0.1) is 26.2 Å². The Hall–Kier alpha value is -0.767. The summed E-state index contributed by atoms with van der Waals surface area (Å²) in [7, 11) is 20.3. The van der Waals surface area contributed by atoms with Crippen molar-refractivity contribution in [2.24, 2.45) is 0 Å². The van der Waals surface area contributed by atoms with Gasteiger partial charge in [0.1, 0.15) is 0 Å². The predicted molar refractivity (Wildman–Crippen MR) is 210 cm³/mol. The zero-order valence-corrected chi connectivity index (χ0v) is 33.9. The van der Waals surface area contributed by atoms with E-state index in [1.54, 1.807) is 12.1 Å². The van der Waals surface area contributed by atoms with E-state index in [4.69, 9.17) is 50.4 Å². The van der Waals surface area contributed by atoms with Crippen molar-refractivity contribution in [3.05, 3.63) is 103 Å². The molecule has 0 spiro atoms. The van der Waals surface area contributed by atoms with Crippen LogP contribution in [-0.4, -0.2) is 139 Å². The van der Waals surface area contributed by atoms with E-state index < -0.39 is 5.97 Å². The molecule has 12 nitrogen and oxygen atoms in total. The number of halogens is 4. The van der Waals surface area contributed by atoms with Crippen molar-refractivity contribution in [3.8, 4) is 0 Å². The van der Waals surface area contributed by atoms with Crippen LogP contribution in [0.2, 0.25) is 0 Å². The minimum atomic E-state index is -0.888. The molecule has 2 aromatic rings. The van der Waals surface area contributed by atoms with Gasteiger partial charge in [-0.1, -0.05) is 31.7 Å². The van der Waals surface area contributed by atoms with Crippen LogP contribution in [0.15, 0.2) is 48.5 Å². The number of nitrogens with zero attached hydrogens (tertiary/aromatic N) is 8. The summed E-state index contributed by atoms with van der Waals surface area (Å²) in [6, 6.07) is 14.7. The van der Waals surface area contributed by atoms with E-state index in [0.29, 0.717) is 36.9 Å². The summed E-state index contributed by atoms with van der Waals surface area (Å²) in [4.78, 5) is 27.0. The van der Waals surface area contributed by atoms with Gasteiger partial charge >= 0.3 is 78.3 Å². The molecule has 0 atom stereocenters. The molecule has 0 aromatic heterocycles. The van der Waals surface area contributed by atoms with Crippen molar-refractivity contribution >= 4 is 52.5 Å². The number of hydrogen-bond acceptors (Lipinski definition) is 5. The van der Waals surface area contributed by atoms with Crippen LogP contribution in [0.25, 0.3) is 31.9 Å². The van der Waals surface area contributed by atoms with Gasteiger partial charge in [0, 0.05) is 13.1 Å². The van der Waals surface area contributed by atoms with Crippen LogP contribution in [-0.2, 0) is 43.6 Å². The van der Waals surface area contributed by atoms with E-state index >= 15 is 0 Å². The molecule has 2 aromatic carbocycles. The minimum absolute atomic E-state index is 0. The predicted octanol–water partition coefficient (Wildman–Crippen LogP) is 8.12. The standard InChI is InChI=1S/C17H25N4O2.C16H23N4O2.CH4.4ClH.2Co/c1-23-17(22)16-4-2-15(3-5-16)14-21-12-10-19-8-6-18-7-9-20-11-13-21;21-16(22)15-3-1-14(2-4-15)13-20-11-9-18-7-5-17-6-8-19-10-12-20;;;;;;;/h2-5H,6-14H2,1H3;1-4H,5-13H2,(H,21,22);1H4;4*1H;;/q2*-3;;;;;;2*+2/p-4. The number of aromatic carboxylic acids is 1. The molecule has 1 N–H and O–H groups in total. The summed E-state index contributed by atoms with van der Waals surface area (Å²) >= 11 is 0.764. The van der Waals surface area contributed by atoms with Gasteiger partial charge in [0.15, 0.2) is 0 Å². The van der Waals surface area contributed by atoms with Crippen molar-refractivity contribution in [1.29, 1.82) is 0 Å². The summed E-state index contributed by atoms with van der Waals surface area (Å²) in [6.45, 7) is 15.0. The van der Waals surface area contributed by atoms with E-state index in [9.17, 15) is 9.59 Å². The summed E-state index contributed by atoms with van der Waals surface area (Å²) in [5.41, 5.74) is 3.21. The third-order valence-corrected chi connectivity index (χ3v) is 7.35. The van der Waals surface area contributed by atoms with Gasteiger partial charge in [0.05, 0.1) is 18.2 Å². The molecule has 0 amide bonds. The molecular weight excluding hydrogens is 844 g/mol. The van der Waals surface area contributed by atoms with Gasteiger partial charge in [0.25, 0.3) is 0 Å². The monoisotopic (exact) mass is 894 g/mol. The SMILES string of the molecule is C.COC(=O)c1ccc(CN2CC[N-]CC[N-]CC[N-]CC2)cc1.O=C(O)c1ccc(CN2CC[N-]CC[N-]CC[N-]CC2)cc1.[Cl][Co][Cl].[Cl][Co][Cl]. The number of carbonyl (C=O) groups is 2. The molecule has 2 aliphatic heterocycles. The second-order valence-corrected chi connectivity index (χ2v) is 14.3. The second-order valence-electron chi connectivity index (χ2n) is 10.9. The Morgan fingerprint density at radius 3 is 1.12 bits per heavy atom. The van der Waals surface area contributed by atoms with Crippen LogP contribution in [0.5, 0.6) is 0 Å². The molecule has 2 fully saturated rings. The van der Waals surface area contributed by atoms with Crippen LogP contribution in [0.4, 0.5) is 0 Å². The first-order valence-electron chi connectivity index (χ1n) is 16.3. The number of benzene rings is 2. The first-order valence-corrected chi connectivity index (χ1v) is 22.0. The Labute approximate surface area is 340 Å². The third kappa shape index (κ3) is 26.9. The zero-order chi connectivity index (χ0) is 37.4. The van der Waals surface area contributed by atoms with Gasteiger partial charge in [-0.05, 0) is 61.6 Å². The molecule has 0 bridgehead atoms. The molecule has 0 saturated carbocycles. The average molecular weight is 897 g/mol. The summed E-state index contributed by atoms with van der Waals surface area (Å²) in [5.74, 6) is -1.19. The fourth-order valence-electron chi connectivity index (χ4n) is 4.76. The quantitative estimate of drug-likeness (QED) is 0.289. The Balaban J connectivity index is 0.000000855. The van der Waals surface area contributed by atoms with Crippen molar-refractivity contribution in [2.45, 2.75) is 20.5 Å². The van der Waals surface area contributed by atoms with Crippen LogP contribution in [0.3, 0.4) is 0 Å². The van der Waals surface area contributed by atoms with Gasteiger partial charge in [0.2, 0.25) is 0 Å². The Bertz CT molecular complexity index is 1130. The van der Waals surface area contributed by atoms with E-state index in [-0.39, 0.29) is 13.4 Å². The average Bonchev–Trinajstić information content (AvgIpc) is 3.12. The fourth-order valence-corrected chi connectivity index (χ4v) is 4.76. The zero-order valence-electron chi connectivity index (χ0n) is 28.8. The van der Waals surface area contributed by atoms with Crippen molar-refractivity contribution in [3.63, 3.8) is 0 Å². The van der Waals surface area contributed by atoms with Gasteiger partial charge < -0.3 is 51.5 Å². The van der Waals surface area contributed by atoms with Crippen LogP contribution in [0.1, 0.15) is 39.3 Å². The summed E-state index contributed by atoms with van der Waals surface area (Å²) < 4.78 is 4.72. The van der Waals surface area contributed by atoms with Gasteiger partial charge in [-0.25, -0.2) is 9.59 Å². The molecule has 2 heterocycles. The summed E-state index contributed by atoms with van der Waals surface area (Å²) in [6.07, 6.45) is 0. The first kappa shape index (κ1) is 51.2. The van der Waals surface area contributed by atoms with Crippen molar-refractivity contribution < 1.29 is 45.2 Å². The maximum absolute atomic E-state index is 11.5. The van der Waals surface area contributed by atoms with Gasteiger partial charge in [-0.2, -0.15) is 52.4 Å². The first-order chi connectivity index (χ1) is 24.9. The molecule has 0 aliphatic carbocycles. The number of hydrogen-bond donors (Lipinski definition) is 1. The number of carbonyl (C=O) groups excluding carboxylic acids is 1. The number of carboxylic acid groups (broad SMARTS) is 1. The van der Waals surface area contributed by atoms with E-state index in [1.807, 2.05) is 36.4 Å². The molecule has 18 heteroatoms. The van der Waals surface area contributed by atoms with Crippen LogP contribution in [0, 0.1) is 0 Å². The topological polar surface area (TPSA) is 155 Å². The molecular formula is C34H52Cl4Co2N8O4-6. The number of rotatable bonds is 6. The molecule has 52 heavy (non-hydrogen) atoms. The van der Waals surface area contributed by atoms with E-state index in [0.717, 1.165) is 123 Å². The second kappa shape index (κ2) is 35.9. The molecule has 0 unspecified atom stereocenters. The number of carboxylic acids is 1. The fraction of sp³-hybridized carbons (Fsp3) is 0.588. The van der Waals surface area contributed by atoms with Gasteiger partial charge in [-0.3, -0.25) is 0 Å². The molecule has 4 rings (SSSR count). The summed E-state index contributed by atoms with van der Waals surface area (Å²) in [5, 5.41) is 35.7. The Kier molecular flexibility index (Phi) is 35.4. The number of esters is 1. The van der Waals surface area contributed by atoms with Crippen molar-refractivity contribution in [2.75, 3.05) is 112 Å².